The van der Waals surface area contributed by atoms with E-state index in [1.54, 1.807) is 14.2 Å². The summed E-state index contributed by atoms with van der Waals surface area (Å²) in [6, 6.07) is 11.6. The molecule has 0 saturated heterocycles. The van der Waals surface area contributed by atoms with Gasteiger partial charge in [0.05, 0.1) is 14.2 Å². The van der Waals surface area contributed by atoms with Crippen LogP contribution in [0.5, 0.6) is 11.5 Å². The number of anilines is 1. The highest BCUT2D eigenvalue weighted by Crippen LogP contribution is 2.35. The molecule has 0 fully saturated rings. The predicted octanol–water partition coefficient (Wildman–Crippen LogP) is 3.26. The second kappa shape index (κ2) is 5.00. The summed E-state index contributed by atoms with van der Waals surface area (Å²) in [6.07, 6.45) is 0. The maximum atomic E-state index is 5.85. The molecule has 0 unspecified atom stereocenters. The van der Waals surface area contributed by atoms with E-state index >= 15 is 0 Å². The third-order valence-electron chi connectivity index (χ3n) is 2.95. The van der Waals surface area contributed by atoms with Crippen molar-refractivity contribution >= 4 is 5.69 Å². The van der Waals surface area contributed by atoms with Crippen molar-refractivity contribution in [2.45, 2.75) is 6.92 Å². The van der Waals surface area contributed by atoms with E-state index in [1.165, 1.54) is 0 Å². The van der Waals surface area contributed by atoms with Crippen LogP contribution in [-0.4, -0.2) is 14.2 Å². The quantitative estimate of drug-likeness (QED) is 0.841. The molecule has 0 bridgehead atoms. The zero-order valence-electron chi connectivity index (χ0n) is 10.9. The Morgan fingerprint density at radius 1 is 0.889 bits per heavy atom. The Kier molecular flexibility index (Phi) is 3.42. The zero-order valence-corrected chi connectivity index (χ0v) is 10.9. The van der Waals surface area contributed by atoms with Crippen molar-refractivity contribution in [2.75, 3.05) is 20.0 Å². The van der Waals surface area contributed by atoms with E-state index in [-0.39, 0.29) is 0 Å². The molecule has 0 heterocycles. The highest BCUT2D eigenvalue weighted by atomic mass is 16.5. The van der Waals surface area contributed by atoms with Crippen LogP contribution in [0.3, 0.4) is 0 Å². The van der Waals surface area contributed by atoms with Gasteiger partial charge in [-0.2, -0.15) is 0 Å². The van der Waals surface area contributed by atoms with Crippen molar-refractivity contribution in [1.82, 2.24) is 0 Å². The molecular weight excluding hydrogens is 226 g/mol. The van der Waals surface area contributed by atoms with Crippen LogP contribution >= 0.6 is 0 Å². The SMILES string of the molecule is COc1ccc(-c2cc(N)ccc2OC)c(C)c1. The Morgan fingerprint density at radius 3 is 2.28 bits per heavy atom. The third kappa shape index (κ3) is 2.25. The first-order valence-electron chi connectivity index (χ1n) is 5.74. The first-order chi connectivity index (χ1) is 8.65. The molecule has 0 aliphatic carbocycles. The maximum Gasteiger partial charge on any atom is 0.126 e. The fourth-order valence-electron chi connectivity index (χ4n) is 2.00. The molecule has 3 heteroatoms. The Balaban J connectivity index is 2.57. The summed E-state index contributed by atoms with van der Waals surface area (Å²) in [7, 11) is 3.32. The van der Waals surface area contributed by atoms with Crippen LogP contribution in [0.25, 0.3) is 11.1 Å². The number of ether oxygens (including phenoxy) is 2. The first-order valence-corrected chi connectivity index (χ1v) is 5.74. The molecule has 2 N–H and O–H groups in total. The lowest BCUT2D eigenvalue weighted by molar-refractivity contribution is 0.414. The molecule has 0 spiro atoms. The maximum absolute atomic E-state index is 5.85. The minimum absolute atomic E-state index is 0.723. The summed E-state index contributed by atoms with van der Waals surface area (Å²) in [4.78, 5) is 0. The van der Waals surface area contributed by atoms with E-state index in [2.05, 4.69) is 0 Å². The van der Waals surface area contributed by atoms with E-state index in [0.717, 1.165) is 33.9 Å². The standard InChI is InChI=1S/C15H17NO2/c1-10-8-12(17-2)5-6-13(10)14-9-11(16)4-7-15(14)18-3/h4-9H,16H2,1-3H3. The van der Waals surface area contributed by atoms with Crippen LogP contribution in [0.2, 0.25) is 0 Å². The summed E-state index contributed by atoms with van der Waals surface area (Å²) in [5.74, 6) is 1.66. The molecule has 2 rings (SSSR count). The summed E-state index contributed by atoms with van der Waals surface area (Å²) in [5.41, 5.74) is 9.79. The van der Waals surface area contributed by atoms with Gasteiger partial charge in [0.1, 0.15) is 11.5 Å². The molecule has 2 aromatic carbocycles. The summed E-state index contributed by atoms with van der Waals surface area (Å²) in [6.45, 7) is 2.04. The van der Waals surface area contributed by atoms with Crippen LogP contribution in [0, 0.1) is 6.92 Å². The molecule has 0 aromatic heterocycles. The van der Waals surface area contributed by atoms with E-state index in [9.17, 15) is 0 Å². The number of nitrogen functional groups attached to an aromatic ring is 1. The number of hydrogen-bond acceptors (Lipinski definition) is 3. The zero-order chi connectivity index (χ0) is 13.1. The Hall–Kier alpha value is -2.16. The highest BCUT2D eigenvalue weighted by molar-refractivity contribution is 5.76. The van der Waals surface area contributed by atoms with Crippen molar-refractivity contribution in [1.29, 1.82) is 0 Å². The summed E-state index contributed by atoms with van der Waals surface area (Å²) in [5, 5.41) is 0. The topological polar surface area (TPSA) is 44.5 Å². The first kappa shape index (κ1) is 12.3. The van der Waals surface area contributed by atoms with E-state index in [4.69, 9.17) is 15.2 Å². The van der Waals surface area contributed by atoms with Gasteiger partial charge in [-0.25, -0.2) is 0 Å². The second-order valence-corrected chi connectivity index (χ2v) is 4.14. The number of methoxy groups -OCH3 is 2. The molecule has 3 nitrogen and oxygen atoms in total. The average Bonchev–Trinajstić information content (AvgIpc) is 2.38. The molecule has 0 radical (unpaired) electrons. The fourth-order valence-corrected chi connectivity index (χ4v) is 2.00. The van der Waals surface area contributed by atoms with Gasteiger partial charge in [-0.3, -0.25) is 0 Å². The Morgan fingerprint density at radius 2 is 1.67 bits per heavy atom. The lowest BCUT2D eigenvalue weighted by atomic mass is 9.99. The van der Waals surface area contributed by atoms with Gasteiger partial charge in [0.2, 0.25) is 0 Å². The highest BCUT2D eigenvalue weighted by Gasteiger charge is 2.09. The van der Waals surface area contributed by atoms with Crippen molar-refractivity contribution in [3.63, 3.8) is 0 Å². The molecular formula is C15H17NO2. The third-order valence-corrected chi connectivity index (χ3v) is 2.95. The minimum atomic E-state index is 0.723. The van der Waals surface area contributed by atoms with Gasteiger partial charge in [-0.1, -0.05) is 6.07 Å². The van der Waals surface area contributed by atoms with Crippen LogP contribution in [0.4, 0.5) is 5.69 Å². The number of aryl methyl sites for hydroxylation is 1. The van der Waals surface area contributed by atoms with Crippen molar-refractivity contribution in [2.24, 2.45) is 0 Å². The largest absolute Gasteiger partial charge is 0.497 e. The van der Waals surface area contributed by atoms with Gasteiger partial charge >= 0.3 is 0 Å². The number of nitrogens with two attached hydrogens (primary N) is 1. The molecule has 0 aliphatic rings. The molecule has 94 valence electrons. The summed E-state index contributed by atoms with van der Waals surface area (Å²) >= 11 is 0. The van der Waals surface area contributed by atoms with Crippen molar-refractivity contribution in [3.8, 4) is 22.6 Å². The summed E-state index contributed by atoms with van der Waals surface area (Å²) < 4.78 is 10.6. The monoisotopic (exact) mass is 243 g/mol. The minimum Gasteiger partial charge on any atom is -0.497 e. The molecule has 0 amide bonds. The number of benzene rings is 2. The van der Waals surface area contributed by atoms with Gasteiger partial charge in [0, 0.05) is 11.3 Å². The Labute approximate surface area is 107 Å². The van der Waals surface area contributed by atoms with Gasteiger partial charge in [0.15, 0.2) is 0 Å². The normalized spacial score (nSPS) is 10.2. The van der Waals surface area contributed by atoms with Gasteiger partial charge in [0.25, 0.3) is 0 Å². The predicted molar refractivity (Wildman–Crippen MR) is 74.1 cm³/mol. The van der Waals surface area contributed by atoms with Crippen LogP contribution < -0.4 is 15.2 Å². The molecule has 0 aliphatic heterocycles. The second-order valence-electron chi connectivity index (χ2n) is 4.14. The lowest BCUT2D eigenvalue weighted by Gasteiger charge is -2.13. The molecule has 0 saturated carbocycles. The van der Waals surface area contributed by atoms with Gasteiger partial charge in [-0.15, -0.1) is 0 Å². The lowest BCUT2D eigenvalue weighted by Crippen LogP contribution is -1.93. The van der Waals surface area contributed by atoms with Crippen molar-refractivity contribution in [3.05, 3.63) is 42.0 Å². The Bertz CT molecular complexity index is 564. The van der Waals surface area contributed by atoms with Crippen LogP contribution in [0.15, 0.2) is 36.4 Å². The van der Waals surface area contributed by atoms with E-state index in [0.29, 0.717) is 0 Å². The van der Waals surface area contributed by atoms with Gasteiger partial charge in [-0.05, 0) is 48.4 Å². The van der Waals surface area contributed by atoms with Crippen LogP contribution in [0.1, 0.15) is 5.56 Å². The van der Waals surface area contributed by atoms with Crippen molar-refractivity contribution < 1.29 is 9.47 Å². The van der Waals surface area contributed by atoms with Crippen LogP contribution in [-0.2, 0) is 0 Å². The molecule has 18 heavy (non-hydrogen) atoms. The number of hydrogen-bond donors (Lipinski definition) is 1. The van der Waals surface area contributed by atoms with Gasteiger partial charge < -0.3 is 15.2 Å². The fraction of sp³-hybridized carbons (Fsp3) is 0.200. The number of rotatable bonds is 3. The average molecular weight is 243 g/mol. The molecule has 2 aromatic rings. The van der Waals surface area contributed by atoms with E-state index in [1.807, 2.05) is 43.3 Å². The smallest absolute Gasteiger partial charge is 0.126 e. The van der Waals surface area contributed by atoms with E-state index < -0.39 is 0 Å². The molecule has 0 atom stereocenters.